The molecule has 2 saturated carbocycles. The van der Waals surface area contributed by atoms with Gasteiger partial charge in [0, 0.05) is 38.4 Å². The number of nitrogens with zero attached hydrogens (tertiary/aromatic N) is 1. The Kier molecular flexibility index (Phi) is 6.44. The summed E-state index contributed by atoms with van der Waals surface area (Å²) < 4.78 is 33.4. The maximum atomic E-state index is 12.7. The summed E-state index contributed by atoms with van der Waals surface area (Å²) in [6, 6.07) is 14.9. The summed E-state index contributed by atoms with van der Waals surface area (Å²) >= 11 is 19.5. The van der Waals surface area contributed by atoms with Crippen LogP contribution >= 0.6 is 34.8 Å². The van der Waals surface area contributed by atoms with Crippen molar-refractivity contribution in [3.05, 3.63) is 86.7 Å². The van der Waals surface area contributed by atoms with Crippen LogP contribution in [0.2, 0.25) is 15.1 Å². The van der Waals surface area contributed by atoms with E-state index in [-0.39, 0.29) is 23.3 Å². The molecule has 6 rings (SSSR count). The van der Waals surface area contributed by atoms with Crippen LogP contribution in [-0.2, 0) is 26.7 Å². The first-order chi connectivity index (χ1) is 18.1. The van der Waals surface area contributed by atoms with E-state index in [2.05, 4.69) is 15.0 Å². The number of fused-ring (bicyclic) bond motifs is 1. The highest BCUT2D eigenvalue weighted by Gasteiger charge is 2.52. The lowest BCUT2D eigenvalue weighted by molar-refractivity contribution is -0.115. The highest BCUT2D eigenvalue weighted by molar-refractivity contribution is 7.89. The summed E-state index contributed by atoms with van der Waals surface area (Å²) in [6.07, 6.45) is 3.34. The maximum absolute atomic E-state index is 12.7. The number of hydrogen-bond donors (Lipinski definition) is 2. The second-order valence-electron chi connectivity index (χ2n) is 9.79. The molecule has 4 aromatic rings. The van der Waals surface area contributed by atoms with Crippen molar-refractivity contribution in [1.29, 1.82) is 0 Å². The van der Waals surface area contributed by atoms with Crippen molar-refractivity contribution in [3.63, 3.8) is 0 Å². The van der Waals surface area contributed by atoms with Crippen LogP contribution in [0.5, 0.6) is 0 Å². The predicted octanol–water partition coefficient (Wildman–Crippen LogP) is 6.49. The maximum Gasteiger partial charge on any atom is 0.240 e. The minimum absolute atomic E-state index is 0.0272. The summed E-state index contributed by atoms with van der Waals surface area (Å²) in [7, 11) is -3.54. The number of hydrogen-bond acceptors (Lipinski definition) is 5. The monoisotopic (exact) mass is 589 g/mol. The Morgan fingerprint density at radius 2 is 1.68 bits per heavy atom. The minimum Gasteiger partial charge on any atom is -0.440 e. The van der Waals surface area contributed by atoms with Gasteiger partial charge in [0.15, 0.2) is 5.58 Å². The molecule has 7 nitrogen and oxygen atoms in total. The molecule has 0 unspecified atom stereocenters. The van der Waals surface area contributed by atoms with Crippen molar-refractivity contribution < 1.29 is 17.6 Å². The van der Waals surface area contributed by atoms with E-state index in [1.54, 1.807) is 42.5 Å². The number of sulfonamides is 1. The van der Waals surface area contributed by atoms with Gasteiger partial charge in [-0.15, -0.1) is 0 Å². The minimum atomic E-state index is -3.54. The summed E-state index contributed by atoms with van der Waals surface area (Å²) in [4.78, 5) is 17.5. The molecule has 1 heterocycles. The largest absolute Gasteiger partial charge is 0.440 e. The van der Waals surface area contributed by atoms with E-state index in [0.717, 1.165) is 25.7 Å². The number of benzene rings is 3. The predicted molar refractivity (Wildman–Crippen MR) is 148 cm³/mol. The third-order valence-electron chi connectivity index (χ3n) is 6.81. The van der Waals surface area contributed by atoms with Gasteiger partial charge in [-0.05, 0) is 67.6 Å². The molecular weight excluding hydrogens is 569 g/mol. The van der Waals surface area contributed by atoms with Gasteiger partial charge in [0.05, 0.1) is 16.7 Å². The van der Waals surface area contributed by atoms with Gasteiger partial charge in [-0.1, -0.05) is 46.9 Å². The number of amides is 1. The zero-order chi connectivity index (χ0) is 26.7. The van der Waals surface area contributed by atoms with Crippen molar-refractivity contribution in [1.82, 2.24) is 9.71 Å². The lowest BCUT2D eigenvalue weighted by atomic mass is 9.95. The second kappa shape index (κ2) is 9.54. The highest BCUT2D eigenvalue weighted by Crippen LogP contribution is 2.57. The first kappa shape index (κ1) is 25.6. The normalized spacial score (nSPS) is 16.5. The van der Waals surface area contributed by atoms with Crippen LogP contribution in [0.3, 0.4) is 0 Å². The molecule has 2 aliphatic rings. The molecule has 2 aliphatic carbocycles. The van der Waals surface area contributed by atoms with Crippen molar-refractivity contribution >= 4 is 67.5 Å². The van der Waals surface area contributed by atoms with Gasteiger partial charge in [-0.2, -0.15) is 0 Å². The van der Waals surface area contributed by atoms with Crippen LogP contribution in [0.15, 0.2) is 63.9 Å². The fourth-order valence-electron chi connectivity index (χ4n) is 4.57. The molecule has 0 radical (unpaired) electrons. The lowest BCUT2D eigenvalue weighted by Gasteiger charge is -2.17. The van der Waals surface area contributed by atoms with E-state index in [1.807, 2.05) is 0 Å². The summed E-state index contributed by atoms with van der Waals surface area (Å²) in [5.74, 6) is 0.252. The van der Waals surface area contributed by atoms with Gasteiger partial charge in [0.25, 0.3) is 0 Å². The van der Waals surface area contributed by atoms with Crippen LogP contribution in [0.25, 0.3) is 11.1 Å². The Labute approximate surface area is 234 Å². The standard InChI is InChI=1S/C27H22Cl3N3O4S/c28-16-3-8-22-23(12-16)37-26(32-22)27(9-10-27)25-20(29)13-18(14-21(25)30)31-24(34)11-15-1-6-19(7-2-15)38(35,36)33-17-4-5-17/h1-3,6-8,12-14,17,33H,4-5,9-11H2,(H,31,34). The summed E-state index contributed by atoms with van der Waals surface area (Å²) in [5, 5.41) is 4.20. The Hall–Kier alpha value is -2.62. The Morgan fingerprint density at radius 3 is 2.32 bits per heavy atom. The molecule has 0 bridgehead atoms. The Bertz CT molecular complexity index is 1650. The Balaban J connectivity index is 1.17. The fourth-order valence-corrected chi connectivity index (χ4v) is 6.88. The molecule has 1 aromatic heterocycles. The molecule has 0 spiro atoms. The van der Waals surface area contributed by atoms with Crippen LogP contribution < -0.4 is 10.0 Å². The Morgan fingerprint density at radius 1 is 1.00 bits per heavy atom. The van der Waals surface area contributed by atoms with Crippen LogP contribution in [0.4, 0.5) is 5.69 Å². The van der Waals surface area contributed by atoms with Crippen molar-refractivity contribution in [2.45, 2.75) is 48.5 Å². The summed E-state index contributed by atoms with van der Waals surface area (Å²) in [5.41, 5.74) is 2.62. The third-order valence-corrected chi connectivity index (χ3v) is 9.18. The van der Waals surface area contributed by atoms with Crippen molar-refractivity contribution in [2.75, 3.05) is 5.32 Å². The van der Waals surface area contributed by atoms with Gasteiger partial charge in [0.1, 0.15) is 5.52 Å². The van der Waals surface area contributed by atoms with Crippen LogP contribution in [0.1, 0.15) is 42.7 Å². The van der Waals surface area contributed by atoms with E-state index in [4.69, 9.17) is 39.2 Å². The smallest absolute Gasteiger partial charge is 0.240 e. The molecule has 2 N–H and O–H groups in total. The zero-order valence-corrected chi connectivity index (χ0v) is 23.0. The molecule has 11 heteroatoms. The second-order valence-corrected chi connectivity index (χ2v) is 12.8. The van der Waals surface area contributed by atoms with Crippen molar-refractivity contribution in [3.8, 4) is 0 Å². The molecule has 1 amide bonds. The lowest BCUT2D eigenvalue weighted by Crippen LogP contribution is -2.25. The number of carbonyl (C=O) groups excluding carboxylic acids is 1. The molecule has 196 valence electrons. The molecule has 38 heavy (non-hydrogen) atoms. The van der Waals surface area contributed by atoms with Gasteiger partial charge in [-0.25, -0.2) is 18.1 Å². The first-order valence-corrected chi connectivity index (χ1v) is 14.7. The van der Waals surface area contributed by atoms with Gasteiger partial charge >= 0.3 is 0 Å². The number of nitrogens with one attached hydrogen (secondary N) is 2. The molecule has 3 aromatic carbocycles. The van der Waals surface area contributed by atoms with Crippen LogP contribution in [0, 0.1) is 0 Å². The molecule has 0 aliphatic heterocycles. The number of anilines is 1. The molecule has 2 fully saturated rings. The van der Waals surface area contributed by atoms with E-state index in [0.29, 0.717) is 48.9 Å². The third kappa shape index (κ3) is 5.03. The highest BCUT2D eigenvalue weighted by atomic mass is 35.5. The number of aromatic nitrogens is 1. The average Bonchev–Trinajstić information content (AvgIpc) is 3.77. The van der Waals surface area contributed by atoms with Crippen molar-refractivity contribution in [2.24, 2.45) is 0 Å². The fraction of sp³-hybridized carbons (Fsp3) is 0.259. The number of oxazole rings is 1. The molecule has 0 saturated heterocycles. The number of halogens is 3. The molecular formula is C27H22Cl3N3O4S. The number of carbonyl (C=O) groups is 1. The quantitative estimate of drug-likeness (QED) is 0.244. The van der Waals surface area contributed by atoms with Gasteiger partial charge < -0.3 is 9.73 Å². The van der Waals surface area contributed by atoms with Gasteiger partial charge in [-0.3, -0.25) is 4.79 Å². The average molecular weight is 591 g/mol. The van der Waals surface area contributed by atoms with E-state index >= 15 is 0 Å². The van der Waals surface area contributed by atoms with E-state index < -0.39 is 15.4 Å². The van der Waals surface area contributed by atoms with E-state index in [9.17, 15) is 13.2 Å². The topological polar surface area (TPSA) is 101 Å². The van der Waals surface area contributed by atoms with E-state index in [1.165, 1.54) is 12.1 Å². The van der Waals surface area contributed by atoms with Crippen LogP contribution in [-0.4, -0.2) is 25.4 Å². The molecule has 0 atom stereocenters. The SMILES string of the molecule is O=C(Cc1ccc(S(=O)(=O)NC2CC2)cc1)Nc1cc(Cl)c(C2(c3nc4ccc(Cl)cc4o3)CC2)c(Cl)c1. The first-order valence-electron chi connectivity index (χ1n) is 12.1. The summed E-state index contributed by atoms with van der Waals surface area (Å²) in [6.45, 7) is 0. The number of rotatable bonds is 8. The zero-order valence-electron chi connectivity index (χ0n) is 19.9. The van der Waals surface area contributed by atoms with Gasteiger partial charge in [0.2, 0.25) is 21.8 Å².